The minimum atomic E-state index is -0.312. The lowest BCUT2D eigenvalue weighted by Gasteiger charge is -2.37. The summed E-state index contributed by atoms with van der Waals surface area (Å²) in [7, 11) is 0. The van der Waals surface area contributed by atoms with Crippen LogP contribution in [-0.2, 0) is 4.79 Å². The normalized spacial score (nSPS) is 27.6. The molecule has 1 aromatic rings. The van der Waals surface area contributed by atoms with Gasteiger partial charge >= 0.3 is 0 Å². The van der Waals surface area contributed by atoms with Gasteiger partial charge < -0.3 is 5.11 Å². The summed E-state index contributed by atoms with van der Waals surface area (Å²) >= 11 is 0. The number of benzene rings is 1. The first-order valence-electron chi connectivity index (χ1n) is 6.07. The van der Waals surface area contributed by atoms with Crippen LogP contribution in [0.25, 0.3) is 0 Å². The van der Waals surface area contributed by atoms with Crippen molar-refractivity contribution in [1.82, 2.24) is 4.90 Å². The molecule has 0 saturated carbocycles. The molecule has 91 valence electrons. The Hall–Kier alpha value is -1.19. The van der Waals surface area contributed by atoms with Crippen LogP contribution in [0.1, 0.15) is 24.8 Å². The molecule has 0 aromatic heterocycles. The third kappa shape index (κ3) is 2.73. The van der Waals surface area contributed by atoms with Gasteiger partial charge in [-0.2, -0.15) is 0 Å². The number of hydrogen-bond donors (Lipinski definition) is 1. The molecule has 0 amide bonds. The third-order valence-corrected chi connectivity index (χ3v) is 3.55. The Balaban J connectivity index is 2.13. The van der Waals surface area contributed by atoms with Crippen molar-refractivity contribution in [3.63, 3.8) is 0 Å². The molecule has 1 aliphatic rings. The highest BCUT2D eigenvalue weighted by atomic mass is 16.3. The van der Waals surface area contributed by atoms with Crippen molar-refractivity contribution in [3.8, 4) is 0 Å². The minimum absolute atomic E-state index is 0.0979. The number of likely N-dealkylation sites (tertiary alicyclic amines) is 1. The van der Waals surface area contributed by atoms with Crippen LogP contribution in [-0.4, -0.2) is 41.5 Å². The van der Waals surface area contributed by atoms with Crippen LogP contribution in [0, 0.1) is 0 Å². The summed E-state index contributed by atoms with van der Waals surface area (Å²) in [5.74, 6) is 0.0979. The molecule has 1 fully saturated rings. The maximum Gasteiger partial charge on any atom is 0.216 e. The first-order valence-corrected chi connectivity index (χ1v) is 6.07. The molecule has 1 radical (unpaired) electrons. The molecule has 1 heterocycles. The summed E-state index contributed by atoms with van der Waals surface area (Å²) in [5.41, 5.74) is 1.14. The largest absolute Gasteiger partial charge is 0.392 e. The Bertz CT molecular complexity index is 366. The molecule has 3 atom stereocenters. The summed E-state index contributed by atoms with van der Waals surface area (Å²) in [4.78, 5) is 12.8. The zero-order chi connectivity index (χ0) is 12.3. The quantitative estimate of drug-likeness (QED) is 0.855. The van der Waals surface area contributed by atoms with Gasteiger partial charge in [0.15, 0.2) is 0 Å². The SMILES string of the molecule is CC([C]=O)N1CCC(O)C(c2ccccc2)C1. The molecular formula is C14H18NO2. The highest BCUT2D eigenvalue weighted by Crippen LogP contribution is 2.27. The monoisotopic (exact) mass is 232 g/mol. The van der Waals surface area contributed by atoms with Crippen molar-refractivity contribution < 1.29 is 9.90 Å². The van der Waals surface area contributed by atoms with E-state index < -0.39 is 0 Å². The van der Waals surface area contributed by atoms with Crippen LogP contribution in [0.2, 0.25) is 0 Å². The van der Waals surface area contributed by atoms with Gasteiger partial charge in [-0.15, -0.1) is 0 Å². The average molecular weight is 232 g/mol. The molecule has 0 aliphatic carbocycles. The van der Waals surface area contributed by atoms with E-state index in [1.54, 1.807) is 0 Å². The molecule has 3 heteroatoms. The van der Waals surface area contributed by atoms with Crippen LogP contribution < -0.4 is 0 Å². The predicted molar refractivity (Wildman–Crippen MR) is 66.5 cm³/mol. The van der Waals surface area contributed by atoms with Gasteiger partial charge in [0.25, 0.3) is 0 Å². The van der Waals surface area contributed by atoms with Crippen LogP contribution in [0.15, 0.2) is 30.3 Å². The Morgan fingerprint density at radius 2 is 2.12 bits per heavy atom. The van der Waals surface area contributed by atoms with Gasteiger partial charge in [-0.05, 0) is 18.9 Å². The maximum atomic E-state index is 10.7. The molecule has 3 unspecified atom stereocenters. The van der Waals surface area contributed by atoms with Crippen molar-refractivity contribution in [3.05, 3.63) is 35.9 Å². The van der Waals surface area contributed by atoms with E-state index in [9.17, 15) is 9.90 Å². The van der Waals surface area contributed by atoms with E-state index in [-0.39, 0.29) is 18.1 Å². The Kier molecular flexibility index (Phi) is 3.92. The topological polar surface area (TPSA) is 40.5 Å². The number of piperidine rings is 1. The zero-order valence-electron chi connectivity index (χ0n) is 10.0. The molecule has 1 aromatic carbocycles. The number of aliphatic hydroxyl groups is 1. The predicted octanol–water partition coefficient (Wildman–Crippen LogP) is 1.34. The van der Waals surface area contributed by atoms with E-state index >= 15 is 0 Å². The van der Waals surface area contributed by atoms with Crippen LogP contribution in [0.5, 0.6) is 0 Å². The molecular weight excluding hydrogens is 214 g/mol. The standard InChI is InChI=1S/C14H18NO2/c1-11(10-16)15-8-7-14(17)13(9-15)12-5-3-2-4-6-12/h2-6,11,13-14,17H,7-9H2,1H3. The zero-order valence-corrected chi connectivity index (χ0v) is 10.0. The van der Waals surface area contributed by atoms with E-state index in [1.165, 1.54) is 0 Å². The lowest BCUT2D eigenvalue weighted by atomic mass is 9.87. The Morgan fingerprint density at radius 1 is 1.41 bits per heavy atom. The Morgan fingerprint density at radius 3 is 2.76 bits per heavy atom. The summed E-state index contributed by atoms with van der Waals surface area (Å²) in [6.07, 6.45) is 2.42. The van der Waals surface area contributed by atoms with E-state index in [0.717, 1.165) is 18.7 Å². The van der Waals surface area contributed by atoms with E-state index in [0.29, 0.717) is 6.42 Å². The molecule has 3 nitrogen and oxygen atoms in total. The molecule has 0 bridgehead atoms. The fourth-order valence-corrected chi connectivity index (χ4v) is 2.42. The lowest BCUT2D eigenvalue weighted by Crippen LogP contribution is -2.46. The fourth-order valence-electron chi connectivity index (χ4n) is 2.42. The second-order valence-corrected chi connectivity index (χ2v) is 4.66. The van der Waals surface area contributed by atoms with Gasteiger partial charge in [0.05, 0.1) is 12.1 Å². The van der Waals surface area contributed by atoms with Gasteiger partial charge in [-0.1, -0.05) is 30.3 Å². The highest BCUT2D eigenvalue weighted by molar-refractivity contribution is 5.57. The fraction of sp³-hybridized carbons (Fsp3) is 0.500. The van der Waals surface area contributed by atoms with Crippen molar-refractivity contribution in [2.75, 3.05) is 13.1 Å². The summed E-state index contributed by atoms with van der Waals surface area (Å²) in [6.45, 7) is 3.34. The highest BCUT2D eigenvalue weighted by Gasteiger charge is 2.30. The lowest BCUT2D eigenvalue weighted by molar-refractivity contribution is 0.0542. The van der Waals surface area contributed by atoms with Crippen molar-refractivity contribution >= 4 is 6.29 Å². The number of carbonyl (C=O) groups excluding carboxylic acids is 1. The smallest absolute Gasteiger partial charge is 0.216 e. The number of hydrogen-bond acceptors (Lipinski definition) is 3. The van der Waals surface area contributed by atoms with Crippen molar-refractivity contribution in [1.29, 1.82) is 0 Å². The van der Waals surface area contributed by atoms with E-state index in [1.807, 2.05) is 43.5 Å². The van der Waals surface area contributed by atoms with Crippen LogP contribution >= 0.6 is 0 Å². The second kappa shape index (κ2) is 5.43. The number of nitrogens with zero attached hydrogens (tertiary/aromatic N) is 1. The van der Waals surface area contributed by atoms with Crippen molar-refractivity contribution in [2.24, 2.45) is 0 Å². The maximum absolute atomic E-state index is 10.7. The number of rotatable bonds is 3. The van der Waals surface area contributed by atoms with Gasteiger partial charge in [0.1, 0.15) is 0 Å². The summed E-state index contributed by atoms with van der Waals surface area (Å²) in [6, 6.07) is 9.82. The molecule has 1 saturated heterocycles. The van der Waals surface area contributed by atoms with Crippen LogP contribution in [0.3, 0.4) is 0 Å². The third-order valence-electron chi connectivity index (χ3n) is 3.55. The molecule has 1 aliphatic heterocycles. The molecule has 1 N–H and O–H groups in total. The van der Waals surface area contributed by atoms with Gasteiger partial charge in [-0.3, -0.25) is 9.69 Å². The van der Waals surface area contributed by atoms with E-state index in [4.69, 9.17) is 0 Å². The average Bonchev–Trinajstić information content (AvgIpc) is 2.39. The van der Waals surface area contributed by atoms with Crippen LogP contribution in [0.4, 0.5) is 0 Å². The van der Waals surface area contributed by atoms with Gasteiger partial charge in [0.2, 0.25) is 6.29 Å². The van der Waals surface area contributed by atoms with Crippen molar-refractivity contribution in [2.45, 2.75) is 31.4 Å². The first-order chi connectivity index (χ1) is 8.22. The summed E-state index contributed by atoms with van der Waals surface area (Å²) < 4.78 is 0. The molecule has 17 heavy (non-hydrogen) atoms. The number of aliphatic hydroxyl groups excluding tert-OH is 1. The molecule has 0 spiro atoms. The van der Waals surface area contributed by atoms with Gasteiger partial charge in [-0.25, -0.2) is 0 Å². The van der Waals surface area contributed by atoms with E-state index in [2.05, 4.69) is 4.90 Å². The first kappa shape index (κ1) is 12.3. The Labute approximate surface area is 102 Å². The van der Waals surface area contributed by atoms with Gasteiger partial charge in [0, 0.05) is 19.0 Å². The second-order valence-electron chi connectivity index (χ2n) is 4.66. The minimum Gasteiger partial charge on any atom is -0.392 e. The molecule has 2 rings (SSSR count). The summed E-state index contributed by atoms with van der Waals surface area (Å²) in [5, 5.41) is 10.1.